The first-order chi connectivity index (χ1) is 6.40. The number of nitrogens with one attached hydrogen (secondary N) is 1. The van der Waals surface area contributed by atoms with E-state index in [-0.39, 0.29) is 5.75 Å². The molecule has 0 aliphatic rings. The molecule has 0 bridgehead atoms. The maximum Gasteiger partial charge on any atom is 0.214 e. The number of hydrogen-bond donors (Lipinski definition) is 1. The summed E-state index contributed by atoms with van der Waals surface area (Å²) in [4.78, 5) is 0. The Balaban J connectivity index is 3.65. The van der Waals surface area contributed by atoms with Gasteiger partial charge in [-0.15, -0.1) is 0 Å². The molecular weight excluding hydrogens is 200 g/mol. The molecule has 14 heavy (non-hydrogen) atoms. The fourth-order valence-electron chi connectivity index (χ4n) is 0.877. The van der Waals surface area contributed by atoms with Gasteiger partial charge in [-0.1, -0.05) is 20.3 Å². The summed E-state index contributed by atoms with van der Waals surface area (Å²) in [7, 11) is 0.0870. The van der Waals surface area contributed by atoms with E-state index in [0.29, 0.717) is 12.5 Å². The van der Waals surface area contributed by atoms with E-state index in [1.807, 2.05) is 0 Å². The molecule has 0 aliphatic heterocycles. The van der Waals surface area contributed by atoms with E-state index in [0.717, 1.165) is 13.0 Å². The highest BCUT2D eigenvalue weighted by atomic mass is 32.2. The Kier molecular flexibility index (Phi) is 6.31. The zero-order valence-corrected chi connectivity index (χ0v) is 10.4. The summed E-state index contributed by atoms with van der Waals surface area (Å²) in [5.41, 5.74) is 0. The minimum absolute atomic E-state index is 0.177. The van der Waals surface area contributed by atoms with Gasteiger partial charge >= 0.3 is 0 Å². The van der Waals surface area contributed by atoms with Crippen LogP contribution < -0.4 is 5.32 Å². The third-order valence-corrected chi connectivity index (χ3v) is 4.12. The van der Waals surface area contributed by atoms with Gasteiger partial charge in [0.1, 0.15) is 0 Å². The topological polar surface area (TPSA) is 49.4 Å². The van der Waals surface area contributed by atoms with Gasteiger partial charge in [0, 0.05) is 20.6 Å². The van der Waals surface area contributed by atoms with Crippen LogP contribution in [0.1, 0.15) is 20.3 Å². The van der Waals surface area contributed by atoms with Crippen LogP contribution in [0.3, 0.4) is 0 Å². The summed E-state index contributed by atoms with van der Waals surface area (Å²) in [5, 5.41) is 3.14. The standard InChI is InChI=1S/C9H22N2O2S/c1-5-9(2)8-10-6-7-14(12,13)11(3)4/h9-10H,5-8H2,1-4H3. The lowest BCUT2D eigenvalue weighted by molar-refractivity contribution is 0.496. The summed E-state index contributed by atoms with van der Waals surface area (Å²) in [6, 6.07) is 0. The summed E-state index contributed by atoms with van der Waals surface area (Å²) in [5.74, 6) is 0.785. The van der Waals surface area contributed by atoms with E-state index in [1.165, 1.54) is 4.31 Å². The van der Waals surface area contributed by atoms with Gasteiger partial charge in [0.15, 0.2) is 0 Å². The molecular formula is C9H22N2O2S. The van der Waals surface area contributed by atoms with Crippen LogP contribution in [0, 0.1) is 5.92 Å². The molecule has 0 aromatic heterocycles. The average molecular weight is 222 g/mol. The second-order valence-corrected chi connectivity index (χ2v) is 6.12. The van der Waals surface area contributed by atoms with Crippen molar-refractivity contribution < 1.29 is 8.42 Å². The van der Waals surface area contributed by atoms with Crippen molar-refractivity contribution in [2.45, 2.75) is 20.3 Å². The minimum Gasteiger partial charge on any atom is -0.315 e. The van der Waals surface area contributed by atoms with E-state index in [1.54, 1.807) is 14.1 Å². The lowest BCUT2D eigenvalue weighted by Crippen LogP contribution is -2.32. The SMILES string of the molecule is CCC(C)CNCCS(=O)(=O)N(C)C. The fourth-order valence-corrected chi connectivity index (χ4v) is 1.64. The number of hydrogen-bond acceptors (Lipinski definition) is 3. The Morgan fingerprint density at radius 3 is 2.36 bits per heavy atom. The first kappa shape index (κ1) is 13.9. The van der Waals surface area contributed by atoms with Gasteiger partial charge in [-0.2, -0.15) is 0 Å². The average Bonchev–Trinajstić information content (AvgIpc) is 2.11. The highest BCUT2D eigenvalue weighted by Gasteiger charge is 2.12. The molecule has 0 aliphatic carbocycles. The quantitative estimate of drug-likeness (QED) is 0.639. The molecule has 0 radical (unpaired) electrons. The molecule has 0 heterocycles. The van der Waals surface area contributed by atoms with Crippen LogP contribution >= 0.6 is 0 Å². The van der Waals surface area contributed by atoms with Crippen molar-refractivity contribution in [3.05, 3.63) is 0 Å². The Hall–Kier alpha value is -0.130. The molecule has 1 N–H and O–H groups in total. The molecule has 4 nitrogen and oxygen atoms in total. The maximum absolute atomic E-state index is 11.3. The molecule has 5 heteroatoms. The van der Waals surface area contributed by atoms with Crippen molar-refractivity contribution >= 4 is 10.0 Å². The highest BCUT2D eigenvalue weighted by molar-refractivity contribution is 7.89. The fraction of sp³-hybridized carbons (Fsp3) is 1.00. The van der Waals surface area contributed by atoms with E-state index in [2.05, 4.69) is 19.2 Å². The molecule has 0 aromatic rings. The predicted molar refractivity (Wildman–Crippen MR) is 59.8 cm³/mol. The molecule has 1 unspecified atom stereocenters. The zero-order chi connectivity index (χ0) is 11.2. The van der Waals surface area contributed by atoms with Crippen LogP contribution in [0.5, 0.6) is 0 Å². The van der Waals surface area contributed by atoms with E-state index >= 15 is 0 Å². The summed E-state index contributed by atoms with van der Waals surface area (Å²) in [6.07, 6.45) is 1.12. The van der Waals surface area contributed by atoms with Gasteiger partial charge in [0.2, 0.25) is 10.0 Å². The first-order valence-corrected chi connectivity index (χ1v) is 6.62. The molecule has 0 fully saturated rings. The number of sulfonamides is 1. The maximum atomic E-state index is 11.3. The number of rotatable bonds is 7. The molecule has 1 atom stereocenters. The van der Waals surface area contributed by atoms with Gasteiger partial charge in [-0.3, -0.25) is 0 Å². The predicted octanol–water partition coefficient (Wildman–Crippen LogP) is 0.514. The second kappa shape index (κ2) is 6.37. The van der Waals surface area contributed by atoms with Gasteiger partial charge in [-0.25, -0.2) is 12.7 Å². The van der Waals surface area contributed by atoms with Crippen molar-refractivity contribution in [2.75, 3.05) is 32.9 Å². The molecule has 0 rings (SSSR count). The van der Waals surface area contributed by atoms with Gasteiger partial charge in [0.25, 0.3) is 0 Å². The summed E-state index contributed by atoms with van der Waals surface area (Å²) >= 11 is 0. The smallest absolute Gasteiger partial charge is 0.214 e. The van der Waals surface area contributed by atoms with Crippen LogP contribution in [-0.4, -0.2) is 45.7 Å². The van der Waals surface area contributed by atoms with E-state index in [4.69, 9.17) is 0 Å². The number of nitrogens with zero attached hydrogens (tertiary/aromatic N) is 1. The second-order valence-electron chi connectivity index (χ2n) is 3.82. The lowest BCUT2D eigenvalue weighted by atomic mass is 10.1. The molecule has 0 aromatic carbocycles. The zero-order valence-electron chi connectivity index (χ0n) is 9.58. The van der Waals surface area contributed by atoms with Crippen LogP contribution in [-0.2, 0) is 10.0 Å². The van der Waals surface area contributed by atoms with Crippen LogP contribution in [0.4, 0.5) is 0 Å². The van der Waals surface area contributed by atoms with Crippen LogP contribution in [0.2, 0.25) is 0 Å². The molecule has 86 valence electrons. The van der Waals surface area contributed by atoms with Crippen molar-refractivity contribution in [3.8, 4) is 0 Å². The molecule has 0 spiro atoms. The van der Waals surface area contributed by atoms with E-state index < -0.39 is 10.0 Å². The van der Waals surface area contributed by atoms with Crippen molar-refractivity contribution in [1.82, 2.24) is 9.62 Å². The molecule has 0 saturated heterocycles. The summed E-state index contributed by atoms with van der Waals surface area (Å²) in [6.45, 7) is 5.70. The van der Waals surface area contributed by atoms with Crippen molar-refractivity contribution in [3.63, 3.8) is 0 Å². The minimum atomic E-state index is -3.03. The van der Waals surface area contributed by atoms with Crippen molar-refractivity contribution in [2.24, 2.45) is 5.92 Å². The Bertz CT molecular complexity index is 237. The lowest BCUT2D eigenvalue weighted by Gasteiger charge is -2.13. The Morgan fingerprint density at radius 2 is 1.93 bits per heavy atom. The largest absolute Gasteiger partial charge is 0.315 e. The van der Waals surface area contributed by atoms with Gasteiger partial charge in [-0.05, 0) is 12.5 Å². The van der Waals surface area contributed by atoms with Crippen molar-refractivity contribution in [1.29, 1.82) is 0 Å². The third-order valence-electron chi connectivity index (χ3n) is 2.28. The van der Waals surface area contributed by atoms with Crippen LogP contribution in [0.25, 0.3) is 0 Å². The third kappa shape index (κ3) is 5.57. The monoisotopic (exact) mass is 222 g/mol. The van der Waals surface area contributed by atoms with Gasteiger partial charge in [0.05, 0.1) is 5.75 Å². The molecule has 0 saturated carbocycles. The van der Waals surface area contributed by atoms with Gasteiger partial charge < -0.3 is 5.32 Å². The normalized spacial score (nSPS) is 14.6. The Labute approximate surface area is 87.7 Å². The Morgan fingerprint density at radius 1 is 1.36 bits per heavy atom. The first-order valence-electron chi connectivity index (χ1n) is 5.01. The highest BCUT2D eigenvalue weighted by Crippen LogP contribution is 1.97. The molecule has 0 amide bonds. The summed E-state index contributed by atoms with van der Waals surface area (Å²) < 4.78 is 23.9. The van der Waals surface area contributed by atoms with Crippen LogP contribution in [0.15, 0.2) is 0 Å². The van der Waals surface area contributed by atoms with E-state index in [9.17, 15) is 8.42 Å².